The number of fused-ring (bicyclic) bond motifs is 1. The third-order valence-corrected chi connectivity index (χ3v) is 9.88. The lowest BCUT2D eigenvalue weighted by atomic mass is 9.96. The zero-order valence-electron chi connectivity index (χ0n) is 26.9. The van der Waals surface area contributed by atoms with Gasteiger partial charge in [-0.15, -0.1) is 0 Å². The molecule has 0 saturated carbocycles. The number of H-pyrrole nitrogens is 1. The second kappa shape index (κ2) is 15.0. The number of ether oxygens (including phenoxy) is 3. The maximum Gasteiger partial charge on any atom is 0.342 e. The first-order valence-electron chi connectivity index (χ1n) is 15.2. The minimum absolute atomic E-state index is 0.0158. The van der Waals surface area contributed by atoms with Gasteiger partial charge in [-0.1, -0.05) is 60.7 Å². The van der Waals surface area contributed by atoms with Crippen LogP contribution >= 0.6 is 7.67 Å². The van der Waals surface area contributed by atoms with E-state index in [1.807, 2.05) is 0 Å². The Bertz CT molecular complexity index is 1800. The molecule has 0 amide bonds. The van der Waals surface area contributed by atoms with E-state index in [0.717, 1.165) is 0 Å². The highest BCUT2D eigenvalue weighted by molar-refractivity contribution is 7.54. The van der Waals surface area contributed by atoms with Crippen molar-refractivity contribution >= 4 is 36.7 Å². The van der Waals surface area contributed by atoms with Crippen LogP contribution in [0, 0.1) is 0 Å². The van der Waals surface area contributed by atoms with Crippen LogP contribution in [0.25, 0.3) is 11.2 Å². The Morgan fingerprint density at radius 3 is 2.08 bits per heavy atom. The molecule has 1 fully saturated rings. The fourth-order valence-corrected chi connectivity index (χ4v) is 7.33. The molecule has 49 heavy (non-hydrogen) atoms. The molecule has 1 saturated heterocycles. The third kappa shape index (κ3) is 8.05. The summed E-state index contributed by atoms with van der Waals surface area (Å²) in [4.78, 5) is 48.7. The van der Waals surface area contributed by atoms with Gasteiger partial charge in [-0.3, -0.25) is 28.5 Å². The normalized spacial score (nSPS) is 22.1. The van der Waals surface area contributed by atoms with Gasteiger partial charge < -0.3 is 34.7 Å². The predicted molar refractivity (Wildman–Crippen MR) is 175 cm³/mol. The first kappa shape index (κ1) is 35.8. The van der Waals surface area contributed by atoms with E-state index in [1.165, 1.54) is 32.0 Å². The van der Waals surface area contributed by atoms with Gasteiger partial charge in [0.05, 0.1) is 27.2 Å². The Morgan fingerprint density at radius 2 is 1.57 bits per heavy atom. The van der Waals surface area contributed by atoms with Crippen molar-refractivity contribution in [1.82, 2.24) is 29.7 Å². The average molecular weight is 700 g/mol. The number of benzene rings is 2. The Hall–Kier alpha value is -4.48. The quantitative estimate of drug-likeness (QED) is 0.0779. The first-order valence-corrected chi connectivity index (χ1v) is 16.8. The van der Waals surface area contributed by atoms with Crippen LogP contribution < -0.4 is 21.5 Å². The van der Waals surface area contributed by atoms with Crippen molar-refractivity contribution in [3.8, 4) is 0 Å². The lowest BCUT2D eigenvalue weighted by Gasteiger charge is -2.29. The summed E-state index contributed by atoms with van der Waals surface area (Å²) in [5, 5.41) is 28.0. The van der Waals surface area contributed by atoms with Crippen molar-refractivity contribution in [3.63, 3.8) is 0 Å². The van der Waals surface area contributed by atoms with Crippen LogP contribution in [0.1, 0.15) is 24.3 Å². The van der Waals surface area contributed by atoms with E-state index >= 15 is 0 Å². The molecular weight excluding hydrogens is 661 g/mol. The van der Waals surface area contributed by atoms with Gasteiger partial charge >= 0.3 is 19.6 Å². The van der Waals surface area contributed by atoms with Crippen LogP contribution in [0.3, 0.4) is 0 Å². The molecule has 2 aromatic carbocycles. The summed E-state index contributed by atoms with van der Waals surface area (Å²) >= 11 is 0. The van der Waals surface area contributed by atoms with E-state index in [4.69, 9.17) is 24.5 Å². The number of esters is 2. The Morgan fingerprint density at radius 1 is 1.04 bits per heavy atom. The zero-order chi connectivity index (χ0) is 35.3. The number of aliphatic hydroxyl groups is 2. The van der Waals surface area contributed by atoms with Crippen molar-refractivity contribution in [1.29, 1.82) is 0 Å². The number of aliphatic hydroxyl groups excluding tert-OH is 1. The second-order valence-corrected chi connectivity index (χ2v) is 13.5. The van der Waals surface area contributed by atoms with Crippen LogP contribution in [0.15, 0.2) is 71.8 Å². The molecule has 1 aliphatic rings. The standard InChI is InChI=1S/C31H38N7O10P/c1-31(43)24(39)22(48-29(31)38-17-33-23-25(38)34-30(32)35-26(23)40)16-47-49(44,36-20(27(41)45-2)14-18-10-6-4-7-11-18)37-21(28(42)46-3)15-19-12-8-5-9-13-19/h4-13,17,20-22,24,29,39,43H,14-16H2,1-3H3,(H2,36,37,44)(H3,32,34,35,40)/t20-,21-,22+,24?,29+,31-/m0/s1. The number of carbonyl (C=O) groups excluding carboxylic acids is 2. The summed E-state index contributed by atoms with van der Waals surface area (Å²) in [6.07, 6.45) is -3.05. The highest BCUT2D eigenvalue weighted by Gasteiger charge is 2.54. The minimum atomic E-state index is -4.46. The van der Waals surface area contributed by atoms with E-state index in [2.05, 4.69) is 25.1 Å². The predicted octanol–water partition coefficient (Wildman–Crippen LogP) is 0.584. The van der Waals surface area contributed by atoms with Crippen LogP contribution in [-0.4, -0.2) is 92.4 Å². The number of rotatable bonds is 14. The summed E-state index contributed by atoms with van der Waals surface area (Å²) in [6, 6.07) is 15.3. The maximum absolute atomic E-state index is 14.7. The number of nitrogen functional groups attached to an aromatic ring is 1. The maximum atomic E-state index is 14.7. The van der Waals surface area contributed by atoms with Crippen molar-refractivity contribution in [3.05, 3.63) is 88.5 Å². The van der Waals surface area contributed by atoms with Gasteiger partial charge in [0.1, 0.15) is 29.9 Å². The fourth-order valence-electron chi connectivity index (χ4n) is 5.54. The van der Waals surface area contributed by atoms with E-state index < -0.39 is 67.9 Å². The van der Waals surface area contributed by atoms with Crippen LogP contribution in [0.4, 0.5) is 5.95 Å². The molecular formula is C31H38N7O10P. The molecule has 2 aromatic heterocycles. The second-order valence-electron chi connectivity index (χ2n) is 11.6. The van der Waals surface area contributed by atoms with Crippen LogP contribution in [0.2, 0.25) is 0 Å². The van der Waals surface area contributed by atoms with E-state index in [1.54, 1.807) is 60.7 Å². The van der Waals surface area contributed by atoms with Gasteiger partial charge in [0.2, 0.25) is 5.95 Å². The molecule has 0 bridgehead atoms. The van der Waals surface area contributed by atoms with Gasteiger partial charge in [-0.2, -0.15) is 4.98 Å². The number of methoxy groups -OCH3 is 2. The zero-order valence-corrected chi connectivity index (χ0v) is 27.8. The molecule has 17 nitrogen and oxygen atoms in total. The molecule has 1 unspecified atom stereocenters. The lowest BCUT2D eigenvalue weighted by Crippen LogP contribution is -2.47. The molecule has 6 atom stereocenters. The summed E-state index contributed by atoms with van der Waals surface area (Å²) in [5.74, 6) is -1.73. The van der Waals surface area contributed by atoms with Crippen molar-refractivity contribution < 1.29 is 43.1 Å². The van der Waals surface area contributed by atoms with Crippen molar-refractivity contribution in [2.45, 2.75) is 55.9 Å². The minimum Gasteiger partial charge on any atom is -0.468 e. The monoisotopic (exact) mass is 699 g/mol. The number of carbonyl (C=O) groups is 2. The molecule has 18 heteroatoms. The molecule has 0 aliphatic carbocycles. The lowest BCUT2D eigenvalue weighted by molar-refractivity contribution is -0.143. The van der Waals surface area contributed by atoms with Crippen molar-refractivity contribution in [2.75, 3.05) is 26.6 Å². The molecule has 3 heterocycles. The summed E-state index contributed by atoms with van der Waals surface area (Å²) in [5.41, 5.74) is 4.41. The van der Waals surface area contributed by atoms with Gasteiger partial charge in [0.15, 0.2) is 17.4 Å². The summed E-state index contributed by atoms with van der Waals surface area (Å²) < 4.78 is 37.8. The third-order valence-electron chi connectivity index (χ3n) is 8.07. The molecule has 4 aromatic rings. The molecule has 0 spiro atoms. The van der Waals surface area contributed by atoms with Gasteiger partial charge in [0.25, 0.3) is 5.56 Å². The van der Waals surface area contributed by atoms with Crippen molar-refractivity contribution in [2.24, 2.45) is 0 Å². The largest absolute Gasteiger partial charge is 0.468 e. The van der Waals surface area contributed by atoms with Crippen LogP contribution in [0.5, 0.6) is 0 Å². The molecule has 5 rings (SSSR count). The molecule has 0 radical (unpaired) electrons. The van der Waals surface area contributed by atoms with Gasteiger partial charge in [0, 0.05) is 0 Å². The van der Waals surface area contributed by atoms with E-state index in [9.17, 15) is 29.2 Å². The molecule has 7 N–H and O–H groups in total. The Kier molecular flexibility index (Phi) is 10.9. The number of anilines is 1. The highest BCUT2D eigenvalue weighted by Crippen LogP contribution is 2.44. The fraction of sp³-hybridized carbons (Fsp3) is 0.387. The summed E-state index contributed by atoms with van der Waals surface area (Å²) in [6.45, 7) is 0.674. The van der Waals surface area contributed by atoms with Crippen LogP contribution in [-0.2, 0) is 45.7 Å². The van der Waals surface area contributed by atoms with Gasteiger partial charge in [-0.05, 0) is 30.9 Å². The number of aromatic amines is 1. The number of nitrogens with two attached hydrogens (primary N) is 1. The van der Waals surface area contributed by atoms with Gasteiger partial charge in [-0.25, -0.2) is 15.2 Å². The van der Waals surface area contributed by atoms with E-state index in [0.29, 0.717) is 11.1 Å². The average Bonchev–Trinajstić information content (AvgIpc) is 3.60. The summed E-state index contributed by atoms with van der Waals surface area (Å²) in [7, 11) is -2.11. The number of hydrogen-bond acceptors (Lipinski definition) is 13. The molecule has 1 aliphatic heterocycles. The number of nitrogens with zero attached hydrogens (tertiary/aromatic N) is 3. The number of imidazole rings is 1. The number of hydrogen-bond donors (Lipinski definition) is 6. The first-order chi connectivity index (χ1) is 23.3. The topological polar surface area (TPSA) is 242 Å². The number of aromatic nitrogens is 4. The highest BCUT2D eigenvalue weighted by atomic mass is 31.2. The Labute approximate surface area is 280 Å². The van der Waals surface area contributed by atoms with E-state index in [-0.39, 0.29) is 30.0 Å². The SMILES string of the molecule is COC(=O)[C@H](Cc1ccccc1)NP(=O)(N[C@@H](Cc1ccccc1)C(=O)OC)OC[C@H]1O[C@@H](n2cnc3c(=O)[nH]c(N)nc32)[C@@](C)(O)C1O. The smallest absolute Gasteiger partial charge is 0.342 e. The molecule has 262 valence electrons. The Balaban J connectivity index is 1.44. The number of nitrogens with one attached hydrogen (secondary N) is 3.